The average molecular weight is 592 g/mol. The summed E-state index contributed by atoms with van der Waals surface area (Å²) in [4.78, 5) is 16.9. The van der Waals surface area contributed by atoms with Gasteiger partial charge in [0.05, 0.1) is 18.5 Å². The number of aromatic nitrogens is 4. The first-order valence-electron chi connectivity index (χ1n) is 14.4. The van der Waals surface area contributed by atoms with Crippen molar-refractivity contribution < 1.29 is 23.7 Å². The highest BCUT2D eigenvalue weighted by molar-refractivity contribution is 8.22. The number of aliphatic carboxylic acids is 1. The number of hydrogen-bond donors (Lipinski definition) is 3. The molecule has 0 spiro atoms. The lowest BCUT2D eigenvalue weighted by molar-refractivity contribution is -0.137. The van der Waals surface area contributed by atoms with Crippen LogP contribution in [0, 0.1) is 13.8 Å². The third-order valence-corrected chi connectivity index (χ3v) is 10.5. The third-order valence-electron chi connectivity index (χ3n) is 8.66. The fourth-order valence-corrected chi connectivity index (χ4v) is 8.06. The summed E-state index contributed by atoms with van der Waals surface area (Å²) < 4.78 is 32.9. The van der Waals surface area contributed by atoms with Gasteiger partial charge in [0, 0.05) is 25.7 Å². The molecule has 3 heterocycles. The van der Waals surface area contributed by atoms with E-state index in [4.69, 9.17) is 4.74 Å². The van der Waals surface area contributed by atoms with E-state index in [1.807, 2.05) is 40.0 Å². The highest BCUT2D eigenvalue weighted by Crippen LogP contribution is 2.57. The molecule has 1 aliphatic heterocycles. The minimum Gasteiger partial charge on any atom is -0.481 e. The number of rotatable bonds is 7. The maximum atomic E-state index is 12.2. The van der Waals surface area contributed by atoms with Crippen molar-refractivity contribution in [2.45, 2.75) is 76.3 Å². The van der Waals surface area contributed by atoms with Crippen LogP contribution < -0.4 is 4.74 Å². The van der Waals surface area contributed by atoms with Crippen LogP contribution in [-0.4, -0.2) is 57.1 Å². The van der Waals surface area contributed by atoms with E-state index in [0.29, 0.717) is 24.4 Å². The van der Waals surface area contributed by atoms with Gasteiger partial charge in [-0.25, -0.2) is 9.67 Å². The number of hydrogen-bond acceptors (Lipinski definition) is 8. The minimum absolute atomic E-state index is 0.0756. The molecule has 42 heavy (non-hydrogen) atoms. The number of benzene rings is 2. The summed E-state index contributed by atoms with van der Waals surface area (Å²) in [7, 11) is -1.56. The zero-order chi connectivity index (χ0) is 29.8. The van der Waals surface area contributed by atoms with Gasteiger partial charge in [-0.3, -0.25) is 13.9 Å². The molecule has 0 fully saturated rings. The summed E-state index contributed by atoms with van der Waals surface area (Å²) in [5, 5.41) is 18.5. The van der Waals surface area contributed by atoms with Crippen LogP contribution in [0.3, 0.4) is 0 Å². The van der Waals surface area contributed by atoms with Gasteiger partial charge in [0.25, 0.3) is 0 Å². The van der Waals surface area contributed by atoms with Crippen LogP contribution in [0.15, 0.2) is 41.4 Å². The molecule has 0 amide bonds. The quantitative estimate of drug-likeness (QED) is 0.245. The normalized spacial score (nSPS) is 19.5. The fraction of sp³-hybridized carbons (Fsp3) is 0.419. The molecule has 11 heteroatoms. The second-order valence-electron chi connectivity index (χ2n) is 11.5. The molecule has 0 saturated heterocycles. The van der Waals surface area contributed by atoms with Crippen LogP contribution in [0.25, 0.3) is 11.0 Å². The van der Waals surface area contributed by atoms with Crippen LogP contribution in [0.4, 0.5) is 0 Å². The number of fused-ring (bicyclic) bond motifs is 3. The van der Waals surface area contributed by atoms with Gasteiger partial charge in [-0.15, -0.1) is 15.9 Å². The van der Waals surface area contributed by atoms with E-state index < -0.39 is 22.7 Å². The van der Waals surface area contributed by atoms with Gasteiger partial charge in [0.1, 0.15) is 16.5 Å². The molecule has 2 aromatic heterocycles. The molecular weight excluding hydrogens is 554 g/mol. The number of ether oxygens (including phenoxy) is 1. The smallest absolute Gasteiger partial charge is 0.304 e. The molecule has 0 radical (unpaired) electrons. The maximum Gasteiger partial charge on any atom is 0.304 e. The van der Waals surface area contributed by atoms with Crippen molar-refractivity contribution in [2.75, 3.05) is 6.54 Å². The lowest BCUT2D eigenvalue weighted by Crippen LogP contribution is -2.34. The zero-order valence-corrected chi connectivity index (χ0v) is 25.2. The Balaban J connectivity index is 1.45. The Morgan fingerprint density at radius 2 is 2.00 bits per heavy atom. The van der Waals surface area contributed by atoms with Crippen LogP contribution in [-0.2, 0) is 31.2 Å². The molecule has 10 nitrogen and oxygen atoms in total. The Morgan fingerprint density at radius 3 is 2.76 bits per heavy atom. The van der Waals surface area contributed by atoms with E-state index in [9.17, 15) is 19.0 Å². The largest absolute Gasteiger partial charge is 0.481 e. The summed E-state index contributed by atoms with van der Waals surface area (Å²) in [5.74, 6) is -1.02. The molecule has 1 aliphatic carbocycles. The van der Waals surface area contributed by atoms with Crippen molar-refractivity contribution in [1.29, 1.82) is 0 Å². The zero-order valence-electron chi connectivity index (χ0n) is 24.4. The monoisotopic (exact) mass is 591 g/mol. The lowest BCUT2D eigenvalue weighted by Gasteiger charge is -2.42. The van der Waals surface area contributed by atoms with Gasteiger partial charge in [-0.2, -0.15) is 4.31 Å². The minimum atomic E-state index is -3.40. The number of carbonyl (C=O) groups is 1. The molecule has 222 valence electrons. The molecule has 0 bridgehead atoms. The van der Waals surface area contributed by atoms with Gasteiger partial charge >= 0.3 is 5.97 Å². The summed E-state index contributed by atoms with van der Waals surface area (Å²) in [6.45, 7) is 6.48. The second kappa shape index (κ2) is 11.0. The fourth-order valence-electron chi connectivity index (χ4n) is 6.41. The predicted molar refractivity (Wildman–Crippen MR) is 161 cm³/mol. The van der Waals surface area contributed by atoms with Crippen molar-refractivity contribution in [3.63, 3.8) is 0 Å². The summed E-state index contributed by atoms with van der Waals surface area (Å²) in [6.07, 6.45) is 4.83. The van der Waals surface area contributed by atoms with Crippen molar-refractivity contribution in [2.24, 2.45) is 7.05 Å². The molecule has 6 rings (SSSR count). The first kappa shape index (κ1) is 28.6. The number of carboxylic acid groups (broad SMARTS) is 1. The number of pyridine rings is 1. The van der Waals surface area contributed by atoms with Crippen molar-refractivity contribution in [1.82, 2.24) is 24.3 Å². The van der Waals surface area contributed by atoms with Crippen molar-refractivity contribution in [3.05, 3.63) is 75.5 Å². The predicted octanol–water partition coefficient (Wildman–Crippen LogP) is 5.77. The van der Waals surface area contributed by atoms with E-state index >= 15 is 0 Å². The first-order chi connectivity index (χ1) is 20.1. The molecule has 4 aromatic rings. The molecular formula is C31H37N5O5S. The molecule has 2 aromatic carbocycles. The highest BCUT2D eigenvalue weighted by Gasteiger charge is 2.37. The Bertz CT molecular complexity index is 1690. The van der Waals surface area contributed by atoms with E-state index in [-0.39, 0.29) is 18.4 Å². The SMILES string of the molecule is CC[C@@H]1CN(Cc2cc(C(CC(=O)O)c3ccc4c(nnn4C)c3C)cc3c2CCC3)S(O)(O)c2cc(C)cnc2O1. The van der Waals surface area contributed by atoms with Gasteiger partial charge in [-0.05, 0) is 90.6 Å². The van der Waals surface area contributed by atoms with Crippen LogP contribution in [0.2, 0.25) is 0 Å². The Labute approximate surface area is 246 Å². The van der Waals surface area contributed by atoms with Crippen molar-refractivity contribution >= 4 is 27.8 Å². The second-order valence-corrected chi connectivity index (χ2v) is 13.5. The van der Waals surface area contributed by atoms with E-state index in [2.05, 4.69) is 27.4 Å². The maximum absolute atomic E-state index is 12.2. The number of carboxylic acids is 1. The molecule has 2 atom stereocenters. The van der Waals surface area contributed by atoms with Gasteiger partial charge in [0.15, 0.2) is 0 Å². The third kappa shape index (κ3) is 5.04. The molecule has 0 saturated carbocycles. The van der Waals surface area contributed by atoms with E-state index in [1.54, 1.807) is 21.3 Å². The van der Waals surface area contributed by atoms with E-state index in [0.717, 1.165) is 58.1 Å². The number of nitrogens with zero attached hydrogens (tertiary/aromatic N) is 5. The lowest BCUT2D eigenvalue weighted by atomic mass is 9.83. The van der Waals surface area contributed by atoms with Crippen LogP contribution in [0.1, 0.15) is 71.0 Å². The number of aryl methyl sites for hydroxylation is 4. The molecule has 2 aliphatic rings. The topological polar surface area (TPSA) is 134 Å². The summed E-state index contributed by atoms with van der Waals surface area (Å²) >= 11 is 0. The highest BCUT2D eigenvalue weighted by atomic mass is 32.3. The van der Waals surface area contributed by atoms with Gasteiger partial charge in [0.2, 0.25) is 5.88 Å². The standard InChI is InChI=1S/C31H37N5O5S/c1-5-23-17-36(42(39,40)28-11-18(2)15-32-31(28)41-23)16-22-13-21(12-20-7-6-8-25(20)22)26(14-29(37)38)24-9-10-27-30(19(24)3)33-34-35(27)4/h9-13,15,23,26,39-40H,5-8,14,16-17H2,1-4H3,(H,37,38)/t23-,26?/m1/s1. The summed E-state index contributed by atoms with van der Waals surface area (Å²) in [6, 6.07) is 9.92. The molecule has 3 N–H and O–H groups in total. The first-order valence-corrected chi connectivity index (χ1v) is 15.9. The van der Waals surface area contributed by atoms with E-state index in [1.165, 1.54) is 11.1 Å². The van der Waals surface area contributed by atoms with Gasteiger partial charge < -0.3 is 9.84 Å². The Morgan fingerprint density at radius 1 is 1.19 bits per heavy atom. The van der Waals surface area contributed by atoms with Crippen molar-refractivity contribution in [3.8, 4) is 5.88 Å². The van der Waals surface area contributed by atoms with Gasteiger partial charge in [-0.1, -0.05) is 30.3 Å². The van der Waals surface area contributed by atoms with Crippen LogP contribution >= 0.6 is 10.8 Å². The van der Waals surface area contributed by atoms with Crippen LogP contribution in [0.5, 0.6) is 5.88 Å². The summed E-state index contributed by atoms with van der Waals surface area (Å²) in [5.41, 5.74) is 8.61. The Kier molecular flexibility index (Phi) is 7.46. The molecule has 1 unspecified atom stereocenters. The average Bonchev–Trinajstić information content (AvgIpc) is 3.56. The Hall–Kier alpha value is -3.51.